The molecule has 4 heteroatoms. The van der Waals surface area contributed by atoms with Gasteiger partial charge in [0.25, 0.3) is 0 Å². The topological polar surface area (TPSA) is 75.6 Å². The molecule has 2 N–H and O–H groups in total. The lowest BCUT2D eigenvalue weighted by Gasteiger charge is -2.05. The molecule has 3 rings (SSSR count). The van der Waals surface area contributed by atoms with Crippen molar-refractivity contribution < 1.29 is 0 Å². The van der Waals surface area contributed by atoms with E-state index in [1.165, 1.54) is 0 Å². The maximum atomic E-state index is 8.97. The number of nitrogen functional groups attached to an aromatic ring is 1. The predicted octanol–water partition coefficient (Wildman–Crippen LogP) is 3.26. The quantitative estimate of drug-likeness (QED) is 0.726. The van der Waals surface area contributed by atoms with Crippen LogP contribution >= 0.6 is 0 Å². The van der Waals surface area contributed by atoms with E-state index in [-0.39, 0.29) is 0 Å². The van der Waals surface area contributed by atoms with E-state index in [4.69, 9.17) is 11.0 Å². The van der Waals surface area contributed by atoms with Crippen molar-refractivity contribution in [2.24, 2.45) is 0 Å². The number of anilines is 1. The summed E-state index contributed by atoms with van der Waals surface area (Å²) in [7, 11) is 0. The zero-order chi connectivity index (χ0) is 14.7. The second-order valence-corrected chi connectivity index (χ2v) is 4.58. The molecule has 3 aromatic rings. The summed E-state index contributed by atoms with van der Waals surface area (Å²) in [4.78, 5) is 8.85. The van der Waals surface area contributed by atoms with Gasteiger partial charge in [-0.25, -0.2) is 9.97 Å². The van der Waals surface area contributed by atoms with E-state index in [1.807, 2.05) is 48.5 Å². The van der Waals surface area contributed by atoms with Crippen LogP contribution in [-0.2, 0) is 0 Å². The van der Waals surface area contributed by atoms with E-state index in [2.05, 4.69) is 16.0 Å². The van der Waals surface area contributed by atoms with Gasteiger partial charge in [-0.2, -0.15) is 5.26 Å². The highest BCUT2D eigenvalue weighted by Gasteiger charge is 2.05. The molecule has 0 aliphatic heterocycles. The molecule has 21 heavy (non-hydrogen) atoms. The summed E-state index contributed by atoms with van der Waals surface area (Å²) in [5.74, 6) is 0.634. The van der Waals surface area contributed by atoms with Gasteiger partial charge in [-0.15, -0.1) is 0 Å². The predicted molar refractivity (Wildman–Crippen MR) is 82.0 cm³/mol. The number of hydrogen-bond donors (Lipinski definition) is 1. The van der Waals surface area contributed by atoms with E-state index >= 15 is 0 Å². The van der Waals surface area contributed by atoms with Gasteiger partial charge in [-0.3, -0.25) is 0 Å². The molecule has 0 unspecified atom stereocenters. The summed E-state index contributed by atoms with van der Waals surface area (Å²) < 4.78 is 0. The Labute approximate surface area is 122 Å². The van der Waals surface area contributed by atoms with Crippen LogP contribution in [0.4, 0.5) is 5.69 Å². The minimum absolute atomic E-state index is 0.611. The second kappa shape index (κ2) is 5.43. The normalized spacial score (nSPS) is 10.0. The maximum Gasteiger partial charge on any atom is 0.159 e. The molecule has 1 aromatic heterocycles. The first kappa shape index (κ1) is 12.8. The SMILES string of the molecule is N#Cc1cccc(-c2ccnc(-c3ccc(N)cc3)n2)c1. The third-order valence-corrected chi connectivity index (χ3v) is 3.11. The molecule has 0 amide bonds. The number of rotatable bonds is 2. The third kappa shape index (κ3) is 2.72. The Balaban J connectivity index is 2.04. The van der Waals surface area contributed by atoms with Crippen LogP contribution in [0.15, 0.2) is 60.8 Å². The van der Waals surface area contributed by atoms with Gasteiger partial charge in [0.15, 0.2) is 5.82 Å². The number of nitriles is 1. The first-order valence-corrected chi connectivity index (χ1v) is 6.46. The first-order valence-electron chi connectivity index (χ1n) is 6.46. The van der Waals surface area contributed by atoms with Gasteiger partial charge < -0.3 is 5.73 Å². The molecule has 0 bridgehead atoms. The first-order chi connectivity index (χ1) is 10.3. The average Bonchev–Trinajstić information content (AvgIpc) is 2.56. The van der Waals surface area contributed by atoms with E-state index in [1.54, 1.807) is 12.3 Å². The smallest absolute Gasteiger partial charge is 0.159 e. The minimum atomic E-state index is 0.611. The Hall–Kier alpha value is -3.19. The highest BCUT2D eigenvalue weighted by Crippen LogP contribution is 2.22. The maximum absolute atomic E-state index is 8.97. The molecule has 100 valence electrons. The van der Waals surface area contributed by atoms with Crippen molar-refractivity contribution in [1.82, 2.24) is 9.97 Å². The van der Waals surface area contributed by atoms with E-state index in [9.17, 15) is 0 Å². The molecule has 4 nitrogen and oxygen atoms in total. The lowest BCUT2D eigenvalue weighted by atomic mass is 10.1. The van der Waals surface area contributed by atoms with Gasteiger partial charge in [0.2, 0.25) is 0 Å². The molecular formula is C17H12N4. The Morgan fingerprint density at radius 2 is 1.76 bits per heavy atom. The molecule has 0 spiro atoms. The minimum Gasteiger partial charge on any atom is -0.399 e. The van der Waals surface area contributed by atoms with Crippen LogP contribution in [0.25, 0.3) is 22.6 Å². The number of hydrogen-bond acceptors (Lipinski definition) is 4. The van der Waals surface area contributed by atoms with E-state index in [0.29, 0.717) is 17.1 Å². The van der Waals surface area contributed by atoms with Crippen molar-refractivity contribution in [1.29, 1.82) is 5.26 Å². The van der Waals surface area contributed by atoms with E-state index in [0.717, 1.165) is 16.8 Å². The molecule has 0 fully saturated rings. The van der Waals surface area contributed by atoms with Crippen LogP contribution in [-0.4, -0.2) is 9.97 Å². The number of aromatic nitrogens is 2. The number of nitrogens with two attached hydrogens (primary N) is 1. The summed E-state index contributed by atoms with van der Waals surface area (Å²) in [6, 6.07) is 18.7. The summed E-state index contributed by atoms with van der Waals surface area (Å²) >= 11 is 0. The Morgan fingerprint density at radius 1 is 0.952 bits per heavy atom. The summed E-state index contributed by atoms with van der Waals surface area (Å²) in [6.07, 6.45) is 1.72. The fourth-order valence-corrected chi connectivity index (χ4v) is 2.04. The zero-order valence-corrected chi connectivity index (χ0v) is 11.2. The van der Waals surface area contributed by atoms with Crippen LogP contribution in [0.2, 0.25) is 0 Å². The van der Waals surface area contributed by atoms with Gasteiger partial charge >= 0.3 is 0 Å². The van der Waals surface area contributed by atoms with E-state index < -0.39 is 0 Å². The van der Waals surface area contributed by atoms with Gasteiger partial charge in [0.05, 0.1) is 17.3 Å². The monoisotopic (exact) mass is 272 g/mol. The van der Waals surface area contributed by atoms with Crippen molar-refractivity contribution in [3.63, 3.8) is 0 Å². The molecule has 0 saturated heterocycles. The fraction of sp³-hybridized carbons (Fsp3) is 0. The van der Waals surface area contributed by atoms with Crippen molar-refractivity contribution in [3.8, 4) is 28.7 Å². The van der Waals surface area contributed by atoms with Crippen LogP contribution in [0.3, 0.4) is 0 Å². The highest BCUT2D eigenvalue weighted by atomic mass is 14.9. The Bertz CT molecular complexity index is 817. The number of nitrogens with zero attached hydrogens (tertiary/aromatic N) is 3. The summed E-state index contributed by atoms with van der Waals surface area (Å²) in [5, 5.41) is 8.97. The van der Waals surface area contributed by atoms with Crippen molar-refractivity contribution in [3.05, 3.63) is 66.4 Å². The van der Waals surface area contributed by atoms with Crippen molar-refractivity contribution in [2.45, 2.75) is 0 Å². The third-order valence-electron chi connectivity index (χ3n) is 3.11. The molecule has 0 radical (unpaired) electrons. The second-order valence-electron chi connectivity index (χ2n) is 4.58. The standard InChI is InChI=1S/C17H12N4/c18-11-12-2-1-3-14(10-12)16-8-9-20-17(21-16)13-4-6-15(19)7-5-13/h1-10H,19H2. The summed E-state index contributed by atoms with van der Waals surface area (Å²) in [5.41, 5.74) is 9.59. The fourth-order valence-electron chi connectivity index (χ4n) is 2.04. The highest BCUT2D eigenvalue weighted by molar-refractivity contribution is 5.65. The molecule has 0 atom stereocenters. The van der Waals surface area contributed by atoms with Crippen molar-refractivity contribution >= 4 is 5.69 Å². The van der Waals surface area contributed by atoms with Crippen LogP contribution < -0.4 is 5.73 Å². The Kier molecular flexibility index (Phi) is 3.32. The van der Waals surface area contributed by atoms with Crippen LogP contribution in [0.1, 0.15) is 5.56 Å². The molecule has 0 aliphatic carbocycles. The Morgan fingerprint density at radius 3 is 2.52 bits per heavy atom. The zero-order valence-electron chi connectivity index (χ0n) is 11.2. The molecule has 1 heterocycles. The molecule has 0 saturated carbocycles. The van der Waals surface area contributed by atoms with Crippen LogP contribution in [0, 0.1) is 11.3 Å². The van der Waals surface area contributed by atoms with Gasteiger partial charge in [-0.1, -0.05) is 12.1 Å². The lowest BCUT2D eigenvalue weighted by molar-refractivity contribution is 1.18. The van der Waals surface area contributed by atoms with Crippen LogP contribution in [0.5, 0.6) is 0 Å². The van der Waals surface area contributed by atoms with Gasteiger partial charge in [0, 0.05) is 23.0 Å². The summed E-state index contributed by atoms with van der Waals surface area (Å²) in [6.45, 7) is 0. The molecule has 0 aliphatic rings. The van der Waals surface area contributed by atoms with Gasteiger partial charge in [0.1, 0.15) is 0 Å². The largest absolute Gasteiger partial charge is 0.399 e. The van der Waals surface area contributed by atoms with Crippen molar-refractivity contribution in [2.75, 3.05) is 5.73 Å². The average molecular weight is 272 g/mol. The van der Waals surface area contributed by atoms with Gasteiger partial charge in [-0.05, 0) is 42.5 Å². The lowest BCUT2D eigenvalue weighted by Crippen LogP contribution is -1.92. The molecular weight excluding hydrogens is 260 g/mol. The molecule has 2 aromatic carbocycles. The number of benzene rings is 2.